The Bertz CT molecular complexity index is 281. The largest absolute Gasteiger partial charge is 0.481 e. The third kappa shape index (κ3) is 5.38. The second-order valence-electron chi connectivity index (χ2n) is 4.92. The molecule has 106 valence electrons. The number of rotatable bonds is 7. The molecule has 2 N–H and O–H groups in total. The molecule has 0 spiro atoms. The van der Waals surface area contributed by atoms with E-state index in [0.717, 1.165) is 6.42 Å². The van der Waals surface area contributed by atoms with E-state index in [1.54, 1.807) is 18.7 Å². The fraction of sp³-hybridized carbons (Fsp3) is 0.846. The van der Waals surface area contributed by atoms with Crippen LogP contribution in [0.15, 0.2) is 0 Å². The van der Waals surface area contributed by atoms with Gasteiger partial charge in [0.05, 0.1) is 5.92 Å². The number of carbonyl (C=O) groups excluding carboxylic acids is 1. The molecule has 0 saturated carbocycles. The summed E-state index contributed by atoms with van der Waals surface area (Å²) in [6, 6.07) is -0.556. The number of urea groups is 1. The molecule has 0 aromatic carbocycles. The van der Waals surface area contributed by atoms with Crippen molar-refractivity contribution >= 4 is 12.0 Å². The summed E-state index contributed by atoms with van der Waals surface area (Å²) in [6.45, 7) is 10.8. The van der Waals surface area contributed by atoms with Crippen molar-refractivity contribution in [3.63, 3.8) is 0 Å². The zero-order valence-electron chi connectivity index (χ0n) is 12.1. The van der Waals surface area contributed by atoms with Gasteiger partial charge in [-0.25, -0.2) is 4.79 Å². The summed E-state index contributed by atoms with van der Waals surface area (Å²) in [4.78, 5) is 24.5. The summed E-state index contributed by atoms with van der Waals surface area (Å²) in [7, 11) is 0. The lowest BCUT2D eigenvalue weighted by Gasteiger charge is -2.27. The van der Waals surface area contributed by atoms with Crippen molar-refractivity contribution in [3.05, 3.63) is 0 Å². The first-order chi connectivity index (χ1) is 8.33. The summed E-state index contributed by atoms with van der Waals surface area (Å²) in [6.07, 6.45) is 1.02. The first-order valence-electron chi connectivity index (χ1n) is 6.61. The Morgan fingerprint density at radius 3 is 2.17 bits per heavy atom. The third-order valence-corrected chi connectivity index (χ3v) is 3.39. The summed E-state index contributed by atoms with van der Waals surface area (Å²) < 4.78 is 0. The van der Waals surface area contributed by atoms with Crippen LogP contribution in [0.25, 0.3) is 0 Å². The molecule has 3 unspecified atom stereocenters. The summed E-state index contributed by atoms with van der Waals surface area (Å²) in [5.41, 5.74) is 0. The number of aliphatic carboxylic acids is 1. The highest BCUT2D eigenvalue weighted by molar-refractivity contribution is 5.76. The van der Waals surface area contributed by atoms with Crippen LogP contribution in [0.1, 0.15) is 41.0 Å². The maximum atomic E-state index is 12.0. The molecule has 0 heterocycles. The van der Waals surface area contributed by atoms with Gasteiger partial charge in [0.25, 0.3) is 0 Å². The van der Waals surface area contributed by atoms with Gasteiger partial charge in [-0.2, -0.15) is 0 Å². The summed E-state index contributed by atoms with van der Waals surface area (Å²) >= 11 is 0. The zero-order valence-corrected chi connectivity index (χ0v) is 12.1. The van der Waals surface area contributed by atoms with Gasteiger partial charge in [-0.15, -0.1) is 0 Å². The normalized spacial score (nSPS) is 15.6. The van der Waals surface area contributed by atoms with E-state index in [1.165, 1.54) is 0 Å². The highest BCUT2D eigenvalue weighted by atomic mass is 16.4. The molecule has 0 aliphatic carbocycles. The van der Waals surface area contributed by atoms with Crippen LogP contribution in [0, 0.1) is 11.8 Å². The minimum atomic E-state index is -0.896. The number of nitrogens with one attached hydrogen (secondary N) is 1. The van der Waals surface area contributed by atoms with E-state index in [9.17, 15) is 9.59 Å². The van der Waals surface area contributed by atoms with Crippen LogP contribution in [-0.2, 0) is 4.79 Å². The second kappa shape index (κ2) is 7.95. The first-order valence-corrected chi connectivity index (χ1v) is 6.61. The van der Waals surface area contributed by atoms with Crippen molar-refractivity contribution in [2.24, 2.45) is 11.8 Å². The highest BCUT2D eigenvalue weighted by Crippen LogP contribution is 2.07. The van der Waals surface area contributed by atoms with E-state index >= 15 is 0 Å². The van der Waals surface area contributed by atoms with Crippen LogP contribution >= 0.6 is 0 Å². The monoisotopic (exact) mass is 258 g/mol. The Morgan fingerprint density at radius 2 is 1.78 bits per heavy atom. The van der Waals surface area contributed by atoms with Gasteiger partial charge in [0.2, 0.25) is 0 Å². The number of carbonyl (C=O) groups is 2. The Kier molecular flexibility index (Phi) is 7.39. The average Bonchev–Trinajstić information content (AvgIpc) is 2.33. The number of hydrogen-bond acceptors (Lipinski definition) is 2. The zero-order chi connectivity index (χ0) is 14.3. The minimum absolute atomic E-state index is 0.182. The van der Waals surface area contributed by atoms with Crippen molar-refractivity contribution in [2.45, 2.75) is 47.1 Å². The maximum Gasteiger partial charge on any atom is 0.317 e. The van der Waals surface area contributed by atoms with Crippen LogP contribution in [-0.4, -0.2) is 41.1 Å². The van der Waals surface area contributed by atoms with Crippen molar-refractivity contribution < 1.29 is 14.7 Å². The molecule has 0 rings (SSSR count). The van der Waals surface area contributed by atoms with Crippen LogP contribution in [0.4, 0.5) is 4.79 Å². The summed E-state index contributed by atoms with van der Waals surface area (Å²) in [5, 5.41) is 11.6. The Balaban J connectivity index is 4.39. The lowest BCUT2D eigenvalue weighted by Crippen LogP contribution is -2.48. The van der Waals surface area contributed by atoms with E-state index in [-0.39, 0.29) is 12.1 Å². The van der Waals surface area contributed by atoms with Crippen molar-refractivity contribution in [1.29, 1.82) is 0 Å². The van der Waals surface area contributed by atoms with Crippen molar-refractivity contribution in [3.8, 4) is 0 Å². The minimum Gasteiger partial charge on any atom is -0.481 e. The predicted octanol–water partition coefficient (Wildman–Crippen LogP) is 2.17. The van der Waals surface area contributed by atoms with Gasteiger partial charge in [-0.05, 0) is 26.7 Å². The molecule has 0 fully saturated rings. The van der Waals surface area contributed by atoms with Gasteiger partial charge < -0.3 is 15.3 Å². The molecule has 0 bridgehead atoms. The standard InChI is InChI=1S/C13H26N2O3/c1-6-9(3)8-15(7-2)13(18)14-11(5)10(4)12(16)17/h9-11H,6-8H2,1-5H3,(H,14,18)(H,16,17). The SMILES string of the molecule is CCC(C)CN(CC)C(=O)NC(C)C(C)C(=O)O. The Hall–Kier alpha value is -1.26. The number of carboxylic acid groups (broad SMARTS) is 1. The molecule has 2 amide bonds. The molecule has 5 heteroatoms. The molecule has 0 radical (unpaired) electrons. The summed E-state index contributed by atoms with van der Waals surface area (Å²) in [5.74, 6) is -1.04. The molecule has 0 aliphatic rings. The van der Waals surface area contributed by atoms with Crippen LogP contribution in [0.5, 0.6) is 0 Å². The molecule has 0 saturated heterocycles. The predicted molar refractivity (Wildman–Crippen MR) is 71.5 cm³/mol. The molecule has 0 aliphatic heterocycles. The van der Waals surface area contributed by atoms with Gasteiger partial charge in [-0.1, -0.05) is 20.3 Å². The van der Waals surface area contributed by atoms with Gasteiger partial charge >= 0.3 is 12.0 Å². The molecular formula is C13H26N2O3. The number of amides is 2. The van der Waals surface area contributed by atoms with E-state index < -0.39 is 11.9 Å². The van der Waals surface area contributed by atoms with Gasteiger partial charge in [0.1, 0.15) is 0 Å². The molecule has 5 nitrogen and oxygen atoms in total. The number of hydrogen-bond donors (Lipinski definition) is 2. The van der Waals surface area contributed by atoms with E-state index in [2.05, 4.69) is 19.2 Å². The smallest absolute Gasteiger partial charge is 0.317 e. The number of carboxylic acids is 1. The van der Waals surface area contributed by atoms with E-state index in [4.69, 9.17) is 5.11 Å². The second-order valence-corrected chi connectivity index (χ2v) is 4.92. The fourth-order valence-corrected chi connectivity index (χ4v) is 1.49. The number of nitrogens with zero attached hydrogens (tertiary/aromatic N) is 1. The molecule has 18 heavy (non-hydrogen) atoms. The van der Waals surface area contributed by atoms with Crippen molar-refractivity contribution in [1.82, 2.24) is 10.2 Å². The fourth-order valence-electron chi connectivity index (χ4n) is 1.49. The average molecular weight is 258 g/mol. The lowest BCUT2D eigenvalue weighted by atomic mass is 10.0. The van der Waals surface area contributed by atoms with E-state index in [1.807, 2.05) is 6.92 Å². The van der Waals surface area contributed by atoms with Gasteiger partial charge in [0, 0.05) is 19.1 Å². The van der Waals surface area contributed by atoms with Gasteiger partial charge in [-0.3, -0.25) is 4.79 Å². The topological polar surface area (TPSA) is 69.6 Å². The quantitative estimate of drug-likeness (QED) is 0.735. The highest BCUT2D eigenvalue weighted by Gasteiger charge is 2.23. The molecule has 3 atom stereocenters. The first kappa shape index (κ1) is 16.7. The van der Waals surface area contributed by atoms with E-state index in [0.29, 0.717) is 19.0 Å². The maximum absolute atomic E-state index is 12.0. The van der Waals surface area contributed by atoms with Gasteiger partial charge in [0.15, 0.2) is 0 Å². The molecule has 0 aromatic heterocycles. The Morgan fingerprint density at radius 1 is 1.22 bits per heavy atom. The van der Waals surface area contributed by atoms with Crippen LogP contribution < -0.4 is 5.32 Å². The van der Waals surface area contributed by atoms with Crippen molar-refractivity contribution in [2.75, 3.05) is 13.1 Å². The molecule has 0 aromatic rings. The van der Waals surface area contributed by atoms with Crippen LogP contribution in [0.3, 0.4) is 0 Å². The third-order valence-electron chi connectivity index (χ3n) is 3.39. The van der Waals surface area contributed by atoms with Crippen LogP contribution in [0.2, 0.25) is 0 Å². The Labute approximate surface area is 110 Å². The molecular weight excluding hydrogens is 232 g/mol. The lowest BCUT2D eigenvalue weighted by molar-refractivity contribution is -0.141.